The minimum Gasteiger partial charge on any atom is -0.497 e. The van der Waals surface area contributed by atoms with Crippen molar-refractivity contribution in [3.8, 4) is 5.75 Å². The van der Waals surface area contributed by atoms with Crippen LogP contribution in [0.2, 0.25) is 0 Å². The van der Waals surface area contributed by atoms with Crippen LogP contribution in [0.4, 0.5) is 5.69 Å². The molecule has 8 heteroatoms. The van der Waals surface area contributed by atoms with E-state index in [0.29, 0.717) is 25.9 Å². The predicted molar refractivity (Wildman–Crippen MR) is 123 cm³/mol. The molecule has 1 aliphatic rings. The highest BCUT2D eigenvalue weighted by molar-refractivity contribution is 5.92. The molecule has 0 atom stereocenters. The molecule has 2 aromatic rings. The molecule has 0 unspecified atom stereocenters. The molecule has 168 valence electrons. The van der Waals surface area contributed by atoms with Crippen LogP contribution in [0.15, 0.2) is 60.7 Å². The maximum absolute atomic E-state index is 12.4. The largest absolute Gasteiger partial charge is 0.497 e. The monoisotopic (exact) mass is 436 g/mol. The van der Waals surface area contributed by atoms with Crippen molar-refractivity contribution < 1.29 is 19.1 Å². The van der Waals surface area contributed by atoms with Gasteiger partial charge >= 0.3 is 0 Å². The number of hydrogen-bond acceptors (Lipinski definition) is 5. The van der Waals surface area contributed by atoms with Gasteiger partial charge in [-0.1, -0.05) is 30.3 Å². The zero-order valence-electron chi connectivity index (χ0n) is 18.0. The van der Waals surface area contributed by atoms with Crippen molar-refractivity contribution in [1.29, 1.82) is 0 Å². The van der Waals surface area contributed by atoms with Crippen molar-refractivity contribution in [3.05, 3.63) is 66.2 Å². The number of anilines is 1. The first kappa shape index (κ1) is 22.9. The summed E-state index contributed by atoms with van der Waals surface area (Å²) in [5, 5.41) is 2.97. The maximum Gasteiger partial charge on any atom is 0.257 e. The molecule has 0 saturated carbocycles. The minimum atomic E-state index is -0.354. The predicted octanol–water partition coefficient (Wildman–Crippen LogP) is 2.21. The topological polar surface area (TPSA) is 99.8 Å². The highest BCUT2D eigenvalue weighted by Crippen LogP contribution is 2.18. The van der Waals surface area contributed by atoms with Crippen molar-refractivity contribution >= 4 is 29.5 Å². The number of likely N-dealkylation sites (tertiary alicyclic amines) is 1. The molecule has 0 aliphatic carbocycles. The molecule has 3 amide bonds. The number of rotatable bonds is 7. The van der Waals surface area contributed by atoms with Gasteiger partial charge in [-0.15, -0.1) is 0 Å². The Labute approximate surface area is 187 Å². The first-order chi connectivity index (χ1) is 15.5. The normalized spacial score (nSPS) is 14.1. The molecule has 3 rings (SSSR count). The van der Waals surface area contributed by atoms with Gasteiger partial charge in [-0.3, -0.25) is 25.2 Å². The van der Waals surface area contributed by atoms with Crippen LogP contribution in [0.1, 0.15) is 18.4 Å². The molecule has 3 N–H and O–H groups in total. The lowest BCUT2D eigenvalue weighted by molar-refractivity contribution is -0.134. The Hall–Kier alpha value is -3.81. The van der Waals surface area contributed by atoms with Crippen LogP contribution >= 0.6 is 0 Å². The van der Waals surface area contributed by atoms with Gasteiger partial charge in [0.1, 0.15) is 5.75 Å². The third-order valence-corrected chi connectivity index (χ3v) is 5.26. The van der Waals surface area contributed by atoms with E-state index < -0.39 is 0 Å². The molecule has 1 fully saturated rings. The van der Waals surface area contributed by atoms with Crippen molar-refractivity contribution in [2.24, 2.45) is 5.92 Å². The summed E-state index contributed by atoms with van der Waals surface area (Å²) in [6, 6.07) is 16.8. The fourth-order valence-corrected chi connectivity index (χ4v) is 3.37. The quantitative estimate of drug-likeness (QED) is 0.457. The minimum absolute atomic E-state index is 0.0211. The van der Waals surface area contributed by atoms with Gasteiger partial charge in [0.15, 0.2) is 0 Å². The summed E-state index contributed by atoms with van der Waals surface area (Å²) < 4.78 is 5.09. The molecule has 0 spiro atoms. The molecule has 0 radical (unpaired) electrons. The lowest BCUT2D eigenvalue weighted by atomic mass is 9.96. The number of amides is 3. The van der Waals surface area contributed by atoms with Gasteiger partial charge < -0.3 is 15.0 Å². The Bertz CT molecular complexity index is 936. The summed E-state index contributed by atoms with van der Waals surface area (Å²) in [4.78, 5) is 38.4. The van der Waals surface area contributed by atoms with E-state index in [-0.39, 0.29) is 30.2 Å². The fourth-order valence-electron chi connectivity index (χ4n) is 3.37. The molecule has 1 aliphatic heterocycles. The fraction of sp³-hybridized carbons (Fsp3) is 0.292. The van der Waals surface area contributed by atoms with E-state index in [9.17, 15) is 14.4 Å². The van der Waals surface area contributed by atoms with Crippen LogP contribution < -0.4 is 20.9 Å². The van der Waals surface area contributed by atoms with Crippen molar-refractivity contribution in [1.82, 2.24) is 15.8 Å². The van der Waals surface area contributed by atoms with E-state index >= 15 is 0 Å². The molecule has 8 nitrogen and oxygen atoms in total. The second kappa shape index (κ2) is 11.5. The summed E-state index contributed by atoms with van der Waals surface area (Å²) in [6.45, 7) is 1.03. The molecule has 0 bridgehead atoms. The van der Waals surface area contributed by atoms with E-state index in [1.807, 2.05) is 30.3 Å². The first-order valence-corrected chi connectivity index (χ1v) is 10.5. The van der Waals surface area contributed by atoms with E-state index in [1.165, 1.54) is 0 Å². The number of carbonyl (C=O) groups excluding carboxylic acids is 3. The summed E-state index contributed by atoms with van der Waals surface area (Å²) in [5.74, 6) is -0.174. The first-order valence-electron chi connectivity index (χ1n) is 10.5. The number of hydrogen-bond donors (Lipinski definition) is 3. The Kier molecular flexibility index (Phi) is 8.25. The van der Waals surface area contributed by atoms with Crippen LogP contribution in [0.3, 0.4) is 0 Å². The molecular formula is C24H28N4O4. The van der Waals surface area contributed by atoms with E-state index in [4.69, 9.17) is 4.74 Å². The van der Waals surface area contributed by atoms with Gasteiger partial charge in [-0.25, -0.2) is 0 Å². The van der Waals surface area contributed by atoms with Crippen LogP contribution in [0.5, 0.6) is 5.75 Å². The van der Waals surface area contributed by atoms with E-state index in [1.54, 1.807) is 48.4 Å². The number of nitrogens with zero attached hydrogens (tertiary/aromatic N) is 1. The number of methoxy groups -OCH3 is 1. The number of carbonyl (C=O) groups is 3. The number of piperidine rings is 1. The smallest absolute Gasteiger partial charge is 0.257 e. The molecule has 0 aromatic heterocycles. The van der Waals surface area contributed by atoms with Crippen molar-refractivity contribution in [2.75, 3.05) is 32.1 Å². The van der Waals surface area contributed by atoms with E-state index in [0.717, 1.165) is 17.0 Å². The second-order valence-electron chi connectivity index (χ2n) is 7.46. The van der Waals surface area contributed by atoms with Crippen LogP contribution in [-0.2, 0) is 14.4 Å². The Morgan fingerprint density at radius 3 is 2.34 bits per heavy atom. The van der Waals surface area contributed by atoms with Crippen molar-refractivity contribution in [2.45, 2.75) is 12.8 Å². The Morgan fingerprint density at radius 2 is 1.69 bits per heavy atom. The van der Waals surface area contributed by atoms with Gasteiger partial charge in [-0.05, 0) is 48.7 Å². The second-order valence-corrected chi connectivity index (χ2v) is 7.46. The van der Waals surface area contributed by atoms with Crippen molar-refractivity contribution in [3.63, 3.8) is 0 Å². The van der Waals surface area contributed by atoms with Gasteiger partial charge in [0.2, 0.25) is 11.8 Å². The average Bonchev–Trinajstić information content (AvgIpc) is 2.85. The highest BCUT2D eigenvalue weighted by Gasteiger charge is 2.26. The summed E-state index contributed by atoms with van der Waals surface area (Å²) >= 11 is 0. The Morgan fingerprint density at radius 1 is 1.00 bits per heavy atom. The highest BCUT2D eigenvalue weighted by atomic mass is 16.5. The average molecular weight is 437 g/mol. The van der Waals surface area contributed by atoms with Gasteiger partial charge in [0.05, 0.1) is 13.7 Å². The summed E-state index contributed by atoms with van der Waals surface area (Å²) in [5.41, 5.74) is 6.64. The summed E-state index contributed by atoms with van der Waals surface area (Å²) in [6.07, 6.45) is 4.45. The Balaban J connectivity index is 1.35. The third-order valence-electron chi connectivity index (χ3n) is 5.26. The summed E-state index contributed by atoms with van der Waals surface area (Å²) in [7, 11) is 1.59. The molecule has 2 aromatic carbocycles. The van der Waals surface area contributed by atoms with E-state index in [2.05, 4.69) is 16.2 Å². The number of hydrazine groups is 1. The number of nitrogens with one attached hydrogen (secondary N) is 3. The SMILES string of the molecule is COc1ccc(NCC(=O)NNC(=O)C2CCN(C(=O)/C=C/c3ccccc3)CC2)cc1. The zero-order chi connectivity index (χ0) is 22.8. The van der Waals surface area contributed by atoms with Gasteiger partial charge in [0, 0.05) is 30.8 Å². The lowest BCUT2D eigenvalue weighted by Crippen LogP contribution is -2.49. The molecule has 1 heterocycles. The number of ether oxygens (including phenoxy) is 1. The molecule has 32 heavy (non-hydrogen) atoms. The lowest BCUT2D eigenvalue weighted by Gasteiger charge is -2.30. The maximum atomic E-state index is 12.4. The van der Waals surface area contributed by atoms with Crippen LogP contribution in [-0.4, -0.2) is 49.4 Å². The van der Waals surface area contributed by atoms with Crippen LogP contribution in [0, 0.1) is 5.92 Å². The molecule has 1 saturated heterocycles. The number of benzene rings is 2. The standard InChI is InChI=1S/C24H28N4O4/c1-32-21-10-8-20(9-11-21)25-17-22(29)26-27-24(31)19-13-15-28(16-14-19)23(30)12-7-18-5-3-2-4-6-18/h2-12,19,25H,13-17H2,1H3,(H,26,29)(H,27,31)/b12-7+. The van der Waals surface area contributed by atoms with Crippen LogP contribution in [0.25, 0.3) is 6.08 Å². The van der Waals surface area contributed by atoms with Gasteiger partial charge in [0.25, 0.3) is 5.91 Å². The van der Waals surface area contributed by atoms with Gasteiger partial charge in [-0.2, -0.15) is 0 Å². The zero-order valence-corrected chi connectivity index (χ0v) is 18.0. The third kappa shape index (κ3) is 6.87. The molecular weight excluding hydrogens is 408 g/mol.